The molecule has 0 aromatic heterocycles. The Balaban J connectivity index is 2.08. The molecule has 2 atom stereocenters. The van der Waals surface area contributed by atoms with Crippen LogP contribution in [-0.4, -0.2) is 41.9 Å². The van der Waals surface area contributed by atoms with Crippen molar-refractivity contribution in [2.45, 2.75) is 52.6 Å². The second-order valence-corrected chi connectivity index (χ2v) is 7.37. The molecule has 0 unspecified atom stereocenters. The van der Waals surface area contributed by atoms with E-state index < -0.39 is 6.04 Å². The molecular weight excluding hydrogens is 364 g/mol. The molecule has 0 spiro atoms. The predicted molar refractivity (Wildman–Crippen MR) is 116 cm³/mol. The highest BCUT2D eigenvalue weighted by Gasteiger charge is 2.26. The molecule has 2 aromatic rings. The number of aryl methyl sites for hydroxylation is 1. The highest BCUT2D eigenvalue weighted by molar-refractivity contribution is 5.88. The Bertz CT molecular complexity index is 792. The maximum absolute atomic E-state index is 13.0. The van der Waals surface area contributed by atoms with Crippen molar-refractivity contribution in [1.29, 1.82) is 0 Å². The molecule has 0 saturated heterocycles. The van der Waals surface area contributed by atoms with Crippen molar-refractivity contribution in [2.75, 3.05) is 13.2 Å². The topological polar surface area (TPSA) is 58.6 Å². The Hall–Kier alpha value is -2.82. The van der Waals surface area contributed by atoms with E-state index in [4.69, 9.17) is 4.74 Å². The number of hydrogen-bond acceptors (Lipinski definition) is 3. The second kappa shape index (κ2) is 11.2. The number of carbonyl (C=O) groups excluding carboxylic acids is 2. The molecule has 0 radical (unpaired) electrons. The van der Waals surface area contributed by atoms with E-state index in [2.05, 4.69) is 5.32 Å². The van der Waals surface area contributed by atoms with Crippen molar-refractivity contribution in [2.24, 2.45) is 0 Å². The fourth-order valence-electron chi connectivity index (χ4n) is 2.98. The van der Waals surface area contributed by atoms with Gasteiger partial charge in [0.2, 0.25) is 5.91 Å². The van der Waals surface area contributed by atoms with Crippen LogP contribution in [0.3, 0.4) is 0 Å². The maximum Gasteiger partial charge on any atom is 0.261 e. The number of hydrogen-bond donors (Lipinski definition) is 1. The zero-order valence-electron chi connectivity index (χ0n) is 17.9. The molecule has 5 heteroatoms. The molecular formula is C24H32N2O3. The van der Waals surface area contributed by atoms with E-state index in [1.54, 1.807) is 11.8 Å². The van der Waals surface area contributed by atoms with Crippen LogP contribution in [0.4, 0.5) is 0 Å². The van der Waals surface area contributed by atoms with Crippen LogP contribution >= 0.6 is 0 Å². The standard InChI is InChI=1S/C24H32N2O3/c1-5-19(3)25-24(28)20(4)26(16-15-21-12-7-6-8-13-21)23(27)17-29-22-14-10-9-11-18(22)2/h6-14,19-20H,5,15-17H2,1-4H3,(H,25,28)/t19-,20+/m1/s1. The van der Waals surface area contributed by atoms with Crippen molar-refractivity contribution in [1.82, 2.24) is 10.2 Å². The fraction of sp³-hybridized carbons (Fsp3) is 0.417. The van der Waals surface area contributed by atoms with Crippen molar-refractivity contribution in [3.63, 3.8) is 0 Å². The summed E-state index contributed by atoms with van der Waals surface area (Å²) in [6.07, 6.45) is 1.52. The lowest BCUT2D eigenvalue weighted by atomic mass is 10.1. The van der Waals surface area contributed by atoms with Crippen LogP contribution in [0.1, 0.15) is 38.3 Å². The molecule has 156 valence electrons. The molecule has 0 fully saturated rings. The Morgan fingerprint density at radius 1 is 1.03 bits per heavy atom. The monoisotopic (exact) mass is 396 g/mol. The molecule has 0 aliphatic carbocycles. The van der Waals surface area contributed by atoms with Gasteiger partial charge in [0.05, 0.1) is 0 Å². The number of rotatable bonds is 10. The summed E-state index contributed by atoms with van der Waals surface area (Å²) in [7, 11) is 0. The molecule has 0 aliphatic heterocycles. The summed E-state index contributed by atoms with van der Waals surface area (Å²) in [5.41, 5.74) is 2.10. The summed E-state index contributed by atoms with van der Waals surface area (Å²) in [6, 6.07) is 17.0. The molecule has 2 aromatic carbocycles. The van der Waals surface area contributed by atoms with Crippen LogP contribution < -0.4 is 10.1 Å². The molecule has 2 rings (SSSR count). The van der Waals surface area contributed by atoms with Gasteiger partial charge in [-0.05, 0) is 50.8 Å². The highest BCUT2D eigenvalue weighted by Crippen LogP contribution is 2.16. The number of nitrogens with one attached hydrogen (secondary N) is 1. The van der Waals surface area contributed by atoms with Crippen LogP contribution in [0.15, 0.2) is 54.6 Å². The number of carbonyl (C=O) groups is 2. The Labute approximate surface area is 174 Å². The molecule has 29 heavy (non-hydrogen) atoms. The first-order valence-corrected chi connectivity index (χ1v) is 10.2. The van der Waals surface area contributed by atoms with Gasteiger partial charge in [0, 0.05) is 12.6 Å². The van der Waals surface area contributed by atoms with Crippen molar-refractivity contribution >= 4 is 11.8 Å². The fourth-order valence-corrected chi connectivity index (χ4v) is 2.98. The minimum absolute atomic E-state index is 0.0687. The van der Waals surface area contributed by atoms with Gasteiger partial charge in [0.1, 0.15) is 11.8 Å². The summed E-state index contributed by atoms with van der Waals surface area (Å²) in [5, 5.41) is 2.97. The molecule has 0 aliphatic rings. The van der Waals surface area contributed by atoms with Gasteiger partial charge in [-0.15, -0.1) is 0 Å². The second-order valence-electron chi connectivity index (χ2n) is 7.37. The van der Waals surface area contributed by atoms with Gasteiger partial charge in [-0.3, -0.25) is 9.59 Å². The lowest BCUT2D eigenvalue weighted by Gasteiger charge is -2.29. The lowest BCUT2D eigenvalue weighted by Crippen LogP contribution is -2.51. The third kappa shape index (κ3) is 6.93. The zero-order valence-corrected chi connectivity index (χ0v) is 17.9. The average molecular weight is 397 g/mol. The first kappa shape index (κ1) is 22.5. The molecule has 2 amide bonds. The van der Waals surface area contributed by atoms with E-state index in [9.17, 15) is 9.59 Å². The van der Waals surface area contributed by atoms with Gasteiger partial charge in [-0.25, -0.2) is 0 Å². The summed E-state index contributed by atoms with van der Waals surface area (Å²) < 4.78 is 5.74. The normalized spacial score (nSPS) is 12.7. The molecule has 0 heterocycles. The van der Waals surface area contributed by atoms with E-state index in [1.165, 1.54) is 0 Å². The Kier molecular flexibility index (Phi) is 8.71. The molecule has 0 saturated carbocycles. The SMILES string of the molecule is CC[C@@H](C)NC(=O)[C@H](C)N(CCc1ccccc1)C(=O)COc1ccccc1C. The number of para-hydroxylation sites is 1. The smallest absolute Gasteiger partial charge is 0.261 e. The first-order chi connectivity index (χ1) is 13.9. The van der Waals surface area contributed by atoms with E-state index in [0.717, 1.165) is 17.5 Å². The van der Waals surface area contributed by atoms with Gasteiger partial charge in [0.25, 0.3) is 5.91 Å². The number of nitrogens with zero attached hydrogens (tertiary/aromatic N) is 1. The van der Waals surface area contributed by atoms with Gasteiger partial charge in [-0.1, -0.05) is 55.5 Å². The number of amides is 2. The molecule has 5 nitrogen and oxygen atoms in total. The van der Waals surface area contributed by atoms with Crippen molar-refractivity contribution in [3.05, 3.63) is 65.7 Å². The van der Waals surface area contributed by atoms with Gasteiger partial charge < -0.3 is 15.0 Å². The molecule has 0 bridgehead atoms. The van der Waals surface area contributed by atoms with E-state index in [-0.39, 0.29) is 24.5 Å². The third-order valence-corrected chi connectivity index (χ3v) is 5.10. The minimum Gasteiger partial charge on any atom is -0.484 e. The van der Waals surface area contributed by atoms with E-state index in [0.29, 0.717) is 18.7 Å². The van der Waals surface area contributed by atoms with Crippen LogP contribution in [0.25, 0.3) is 0 Å². The summed E-state index contributed by atoms with van der Waals surface area (Å²) in [4.78, 5) is 27.2. The Morgan fingerprint density at radius 2 is 1.69 bits per heavy atom. The van der Waals surface area contributed by atoms with Crippen molar-refractivity contribution < 1.29 is 14.3 Å². The van der Waals surface area contributed by atoms with E-state index >= 15 is 0 Å². The van der Waals surface area contributed by atoms with Gasteiger partial charge in [0.15, 0.2) is 6.61 Å². The molecule has 1 N–H and O–H groups in total. The quantitative estimate of drug-likeness (QED) is 0.665. The summed E-state index contributed by atoms with van der Waals surface area (Å²) in [6.45, 7) is 8.05. The largest absolute Gasteiger partial charge is 0.484 e. The van der Waals surface area contributed by atoms with Gasteiger partial charge >= 0.3 is 0 Å². The maximum atomic E-state index is 13.0. The summed E-state index contributed by atoms with van der Waals surface area (Å²) in [5.74, 6) is 0.341. The third-order valence-electron chi connectivity index (χ3n) is 5.10. The van der Waals surface area contributed by atoms with E-state index in [1.807, 2.05) is 75.4 Å². The highest BCUT2D eigenvalue weighted by atomic mass is 16.5. The predicted octanol–water partition coefficient (Wildman–Crippen LogP) is 3.75. The van der Waals surface area contributed by atoms with Crippen molar-refractivity contribution in [3.8, 4) is 5.75 Å². The van der Waals surface area contributed by atoms with Crippen LogP contribution in [0.5, 0.6) is 5.75 Å². The first-order valence-electron chi connectivity index (χ1n) is 10.2. The number of benzene rings is 2. The van der Waals surface area contributed by atoms with Crippen LogP contribution in [0, 0.1) is 6.92 Å². The van der Waals surface area contributed by atoms with Crippen LogP contribution in [-0.2, 0) is 16.0 Å². The zero-order chi connectivity index (χ0) is 21.2. The lowest BCUT2D eigenvalue weighted by molar-refractivity contribution is -0.141. The number of ether oxygens (including phenoxy) is 1. The average Bonchev–Trinajstić information content (AvgIpc) is 2.73. The van der Waals surface area contributed by atoms with Gasteiger partial charge in [-0.2, -0.15) is 0 Å². The van der Waals surface area contributed by atoms with Crippen LogP contribution in [0.2, 0.25) is 0 Å². The minimum atomic E-state index is -0.569. The Morgan fingerprint density at radius 3 is 2.34 bits per heavy atom. The summed E-state index contributed by atoms with van der Waals surface area (Å²) >= 11 is 0.